The molecule has 0 bridgehead atoms. The van der Waals surface area contributed by atoms with Crippen LogP contribution >= 0.6 is 0 Å². The highest BCUT2D eigenvalue weighted by Gasteiger charge is 2.23. The summed E-state index contributed by atoms with van der Waals surface area (Å²) in [4.78, 5) is 12.8. The maximum Gasteiger partial charge on any atom is 0.328 e. The first-order valence-electron chi connectivity index (χ1n) is 6.54. The van der Waals surface area contributed by atoms with Crippen LogP contribution < -0.4 is 0 Å². The van der Waals surface area contributed by atoms with Crippen LogP contribution in [0.25, 0.3) is 6.08 Å². The van der Waals surface area contributed by atoms with Gasteiger partial charge in [0.2, 0.25) is 0 Å². The van der Waals surface area contributed by atoms with Crippen LogP contribution in [0.1, 0.15) is 24.0 Å². The molecule has 0 aliphatic carbocycles. The fourth-order valence-electron chi connectivity index (χ4n) is 2.51. The summed E-state index contributed by atoms with van der Waals surface area (Å²) in [6.45, 7) is 2.03. The van der Waals surface area contributed by atoms with E-state index in [9.17, 15) is 9.90 Å². The Labute approximate surface area is 113 Å². The number of carboxylic acids is 1. The molecule has 2 rings (SSSR count). The van der Waals surface area contributed by atoms with Crippen LogP contribution in [0.2, 0.25) is 0 Å². The topological polar surface area (TPSA) is 60.8 Å². The molecule has 2 N–H and O–H groups in total. The van der Waals surface area contributed by atoms with Gasteiger partial charge in [0.1, 0.15) is 0 Å². The third kappa shape index (κ3) is 3.91. The average Bonchev–Trinajstić information content (AvgIpc) is 2.84. The van der Waals surface area contributed by atoms with Crippen LogP contribution in [0, 0.1) is 0 Å². The van der Waals surface area contributed by atoms with Crippen molar-refractivity contribution >= 4 is 12.0 Å². The molecular formula is C15H19NO3. The number of rotatable bonds is 5. The van der Waals surface area contributed by atoms with Crippen molar-refractivity contribution < 1.29 is 15.0 Å². The minimum Gasteiger partial charge on any atom is -0.478 e. The summed E-state index contributed by atoms with van der Waals surface area (Å²) >= 11 is 0. The normalized spacial score (nSPS) is 20.2. The van der Waals surface area contributed by atoms with Gasteiger partial charge in [-0.1, -0.05) is 24.3 Å². The Balaban J connectivity index is 2.04. The van der Waals surface area contributed by atoms with Gasteiger partial charge < -0.3 is 10.2 Å². The third-order valence-electron chi connectivity index (χ3n) is 3.46. The van der Waals surface area contributed by atoms with Gasteiger partial charge in [-0.2, -0.15) is 0 Å². The van der Waals surface area contributed by atoms with Crippen molar-refractivity contribution in [3.05, 3.63) is 41.5 Å². The zero-order valence-corrected chi connectivity index (χ0v) is 10.8. The molecule has 1 aliphatic rings. The molecule has 0 amide bonds. The molecule has 1 atom stereocenters. The average molecular weight is 261 g/mol. The molecule has 0 aromatic heterocycles. The molecule has 1 aliphatic heterocycles. The fraction of sp³-hybridized carbons (Fsp3) is 0.400. The van der Waals surface area contributed by atoms with Crippen LogP contribution in [0.15, 0.2) is 30.3 Å². The zero-order valence-electron chi connectivity index (χ0n) is 10.8. The Morgan fingerprint density at radius 3 is 3.05 bits per heavy atom. The van der Waals surface area contributed by atoms with E-state index in [1.54, 1.807) is 6.08 Å². The van der Waals surface area contributed by atoms with Gasteiger partial charge in [-0.15, -0.1) is 0 Å². The van der Waals surface area contributed by atoms with Crippen molar-refractivity contribution in [1.29, 1.82) is 0 Å². The second kappa shape index (κ2) is 6.50. The molecule has 1 saturated heterocycles. The Morgan fingerprint density at radius 1 is 1.47 bits per heavy atom. The van der Waals surface area contributed by atoms with Gasteiger partial charge in [0.25, 0.3) is 0 Å². The number of hydrogen-bond donors (Lipinski definition) is 2. The molecule has 0 radical (unpaired) electrons. The molecule has 4 heteroatoms. The van der Waals surface area contributed by atoms with Crippen molar-refractivity contribution in [2.45, 2.75) is 25.4 Å². The van der Waals surface area contributed by atoms with Gasteiger partial charge >= 0.3 is 5.97 Å². The Bertz CT molecular complexity index is 470. The summed E-state index contributed by atoms with van der Waals surface area (Å²) in [6.07, 6.45) is 4.92. The number of carboxylic acid groups (broad SMARTS) is 1. The second-order valence-electron chi connectivity index (χ2n) is 4.87. The highest BCUT2D eigenvalue weighted by Crippen LogP contribution is 2.20. The number of carbonyl (C=O) groups is 1. The van der Waals surface area contributed by atoms with Crippen molar-refractivity contribution in [3.63, 3.8) is 0 Å². The number of likely N-dealkylation sites (tertiary alicyclic amines) is 1. The number of benzene rings is 1. The maximum atomic E-state index is 10.5. The Morgan fingerprint density at radius 2 is 2.32 bits per heavy atom. The van der Waals surface area contributed by atoms with Crippen LogP contribution in [0.4, 0.5) is 0 Å². The summed E-state index contributed by atoms with van der Waals surface area (Å²) in [6, 6.07) is 8.10. The van der Waals surface area contributed by atoms with E-state index in [1.807, 2.05) is 24.3 Å². The van der Waals surface area contributed by atoms with Crippen molar-refractivity contribution in [2.24, 2.45) is 0 Å². The first-order chi connectivity index (χ1) is 9.19. The number of hydrogen-bond acceptors (Lipinski definition) is 3. The molecule has 102 valence electrons. The van der Waals surface area contributed by atoms with E-state index in [0.29, 0.717) is 0 Å². The van der Waals surface area contributed by atoms with Crippen LogP contribution in [-0.4, -0.2) is 40.3 Å². The third-order valence-corrected chi connectivity index (χ3v) is 3.46. The molecule has 1 aromatic carbocycles. The summed E-state index contributed by atoms with van der Waals surface area (Å²) in [5.41, 5.74) is 2.03. The lowest BCUT2D eigenvalue weighted by molar-refractivity contribution is -0.131. The maximum absolute atomic E-state index is 10.5. The lowest BCUT2D eigenvalue weighted by Gasteiger charge is -2.22. The van der Waals surface area contributed by atoms with Crippen molar-refractivity contribution in [2.75, 3.05) is 13.2 Å². The summed E-state index contributed by atoms with van der Waals surface area (Å²) in [5.74, 6) is -0.940. The van der Waals surface area contributed by atoms with Crippen LogP contribution in [0.5, 0.6) is 0 Å². The number of aliphatic hydroxyl groups excluding tert-OH is 1. The predicted octanol–water partition coefficient (Wildman–Crippen LogP) is 1.74. The van der Waals surface area contributed by atoms with E-state index in [2.05, 4.69) is 4.90 Å². The molecule has 1 fully saturated rings. The summed E-state index contributed by atoms with van der Waals surface area (Å²) < 4.78 is 0. The predicted molar refractivity (Wildman–Crippen MR) is 73.6 cm³/mol. The molecular weight excluding hydrogens is 242 g/mol. The van der Waals surface area contributed by atoms with Crippen molar-refractivity contribution in [1.82, 2.24) is 4.90 Å². The number of aliphatic hydroxyl groups is 1. The van der Waals surface area contributed by atoms with E-state index in [0.717, 1.165) is 43.1 Å². The number of aliphatic carboxylic acids is 1. The standard InChI is InChI=1S/C15H19NO3/c17-11-14-5-2-8-16(14)10-13-4-1-3-12(9-13)6-7-15(18)19/h1,3-4,6-7,9,14,17H,2,5,8,10-11H2,(H,18,19). The molecule has 0 spiro atoms. The molecule has 19 heavy (non-hydrogen) atoms. The van der Waals surface area contributed by atoms with E-state index in [1.165, 1.54) is 0 Å². The first kappa shape index (κ1) is 13.8. The van der Waals surface area contributed by atoms with Gasteiger partial charge in [0, 0.05) is 18.7 Å². The van der Waals surface area contributed by atoms with Gasteiger partial charge in [0.15, 0.2) is 0 Å². The Kier molecular flexibility index (Phi) is 4.71. The molecule has 1 unspecified atom stereocenters. The Hall–Kier alpha value is -1.65. The summed E-state index contributed by atoms with van der Waals surface area (Å²) in [7, 11) is 0. The highest BCUT2D eigenvalue weighted by atomic mass is 16.4. The quantitative estimate of drug-likeness (QED) is 0.793. The lowest BCUT2D eigenvalue weighted by atomic mass is 10.1. The molecule has 1 heterocycles. The zero-order chi connectivity index (χ0) is 13.7. The minimum atomic E-state index is -0.940. The monoisotopic (exact) mass is 261 g/mol. The van der Waals surface area contributed by atoms with Gasteiger partial charge in [0.05, 0.1) is 6.61 Å². The van der Waals surface area contributed by atoms with Gasteiger partial charge in [-0.05, 0) is 36.6 Å². The van der Waals surface area contributed by atoms with E-state index in [4.69, 9.17) is 5.11 Å². The van der Waals surface area contributed by atoms with Crippen LogP contribution in [-0.2, 0) is 11.3 Å². The minimum absolute atomic E-state index is 0.207. The van der Waals surface area contributed by atoms with E-state index >= 15 is 0 Å². The van der Waals surface area contributed by atoms with Gasteiger partial charge in [-0.3, -0.25) is 4.90 Å². The lowest BCUT2D eigenvalue weighted by Crippen LogP contribution is -2.31. The molecule has 0 saturated carbocycles. The first-order valence-corrected chi connectivity index (χ1v) is 6.54. The van der Waals surface area contributed by atoms with E-state index < -0.39 is 5.97 Å². The SMILES string of the molecule is O=C(O)C=Cc1cccc(CN2CCCC2CO)c1. The van der Waals surface area contributed by atoms with Crippen molar-refractivity contribution in [3.8, 4) is 0 Å². The molecule has 4 nitrogen and oxygen atoms in total. The summed E-state index contributed by atoms with van der Waals surface area (Å²) in [5, 5.41) is 17.9. The second-order valence-corrected chi connectivity index (χ2v) is 4.87. The van der Waals surface area contributed by atoms with Crippen LogP contribution in [0.3, 0.4) is 0 Å². The van der Waals surface area contributed by atoms with E-state index in [-0.39, 0.29) is 12.6 Å². The highest BCUT2D eigenvalue weighted by molar-refractivity contribution is 5.85. The molecule has 1 aromatic rings. The smallest absolute Gasteiger partial charge is 0.328 e. The fourth-order valence-corrected chi connectivity index (χ4v) is 2.51. The largest absolute Gasteiger partial charge is 0.478 e. The van der Waals surface area contributed by atoms with Gasteiger partial charge in [-0.25, -0.2) is 4.79 Å². The number of nitrogens with zero attached hydrogens (tertiary/aromatic N) is 1.